The highest BCUT2D eigenvalue weighted by atomic mass is 32.2. The number of fused-ring (bicyclic) bond motifs is 1. The number of carbonyl (C=O) groups excluding carboxylic acids is 1. The number of Topliss-reactive ketones (excluding diaryl/α,β-unsaturated/α-hetero) is 1. The lowest BCUT2D eigenvalue weighted by molar-refractivity contribution is 0.102. The summed E-state index contributed by atoms with van der Waals surface area (Å²) < 4.78 is 6.76. The number of aromatic nitrogens is 2. The molecule has 5 nitrogen and oxygen atoms in total. The number of hydrogen-bond donors (Lipinski definition) is 0. The largest absolute Gasteiger partial charge is 0.497 e. The Labute approximate surface area is 172 Å². The van der Waals surface area contributed by atoms with Crippen LogP contribution in [-0.4, -0.2) is 28.2 Å². The first-order chi connectivity index (χ1) is 14.2. The van der Waals surface area contributed by atoms with E-state index in [1.54, 1.807) is 60.2 Å². The third-order valence-electron chi connectivity index (χ3n) is 4.50. The van der Waals surface area contributed by atoms with E-state index < -0.39 is 0 Å². The fourth-order valence-electron chi connectivity index (χ4n) is 3.01. The first-order valence-corrected chi connectivity index (χ1v) is 10.0. The third-order valence-corrected chi connectivity index (χ3v) is 5.44. The molecule has 0 spiro atoms. The molecule has 1 heterocycles. The van der Waals surface area contributed by atoms with Crippen molar-refractivity contribution in [1.82, 2.24) is 9.55 Å². The highest BCUT2D eigenvalue weighted by Gasteiger charge is 2.15. The predicted molar refractivity (Wildman–Crippen MR) is 115 cm³/mol. The molecule has 0 aliphatic carbocycles. The maximum absolute atomic E-state index is 13.2. The Kier molecular flexibility index (Phi) is 5.44. The van der Waals surface area contributed by atoms with Crippen LogP contribution in [-0.2, 0) is 0 Å². The number of nitrogens with zero attached hydrogens (tertiary/aromatic N) is 2. The number of benzene rings is 3. The van der Waals surface area contributed by atoms with Crippen molar-refractivity contribution in [2.75, 3.05) is 12.9 Å². The minimum Gasteiger partial charge on any atom is -0.497 e. The molecule has 1 aromatic heterocycles. The summed E-state index contributed by atoms with van der Waals surface area (Å²) in [4.78, 5) is 30.4. The van der Waals surface area contributed by atoms with Crippen LogP contribution >= 0.6 is 11.8 Å². The van der Waals surface area contributed by atoms with Crippen molar-refractivity contribution in [3.05, 3.63) is 94.8 Å². The van der Waals surface area contributed by atoms with Gasteiger partial charge in [-0.25, -0.2) is 4.98 Å². The molecular weight excluding hydrogens is 384 g/mol. The molecule has 0 aliphatic heterocycles. The van der Waals surface area contributed by atoms with Crippen LogP contribution in [0.15, 0.2) is 88.8 Å². The molecule has 0 fully saturated rings. The van der Waals surface area contributed by atoms with Gasteiger partial charge in [0.15, 0.2) is 10.9 Å². The molecular formula is C23H18N2O3S. The van der Waals surface area contributed by atoms with E-state index in [4.69, 9.17) is 4.74 Å². The van der Waals surface area contributed by atoms with Gasteiger partial charge in [0.2, 0.25) is 0 Å². The molecule has 0 N–H and O–H groups in total. The standard InChI is InChI=1S/C23H18N2O3S/c1-28-18-13-11-17(12-14-18)25-22(27)19-9-5-6-10-20(19)24-23(25)29-15-21(26)16-7-3-2-4-8-16/h2-14H,15H2,1H3. The summed E-state index contributed by atoms with van der Waals surface area (Å²) >= 11 is 1.25. The van der Waals surface area contributed by atoms with E-state index >= 15 is 0 Å². The monoisotopic (exact) mass is 402 g/mol. The second-order valence-electron chi connectivity index (χ2n) is 6.33. The summed E-state index contributed by atoms with van der Waals surface area (Å²) in [6.45, 7) is 0. The van der Waals surface area contributed by atoms with Crippen molar-refractivity contribution in [2.45, 2.75) is 5.16 Å². The fourth-order valence-corrected chi connectivity index (χ4v) is 3.91. The van der Waals surface area contributed by atoms with E-state index in [2.05, 4.69) is 4.98 Å². The minimum absolute atomic E-state index is 0.0145. The Hall–Kier alpha value is -3.38. The number of para-hydroxylation sites is 1. The third kappa shape index (κ3) is 3.93. The summed E-state index contributed by atoms with van der Waals surface area (Å²) in [5.74, 6) is 0.869. The Balaban J connectivity index is 1.76. The van der Waals surface area contributed by atoms with E-state index in [1.807, 2.05) is 30.3 Å². The molecule has 6 heteroatoms. The summed E-state index contributed by atoms with van der Waals surface area (Å²) in [7, 11) is 1.59. The van der Waals surface area contributed by atoms with Crippen LogP contribution in [0, 0.1) is 0 Å². The van der Waals surface area contributed by atoms with Gasteiger partial charge in [0.25, 0.3) is 5.56 Å². The molecule has 4 aromatic rings. The molecule has 29 heavy (non-hydrogen) atoms. The molecule has 3 aromatic carbocycles. The van der Waals surface area contributed by atoms with Crippen molar-refractivity contribution in [1.29, 1.82) is 0 Å². The van der Waals surface area contributed by atoms with Gasteiger partial charge in [-0.3, -0.25) is 14.2 Å². The van der Waals surface area contributed by atoms with Gasteiger partial charge < -0.3 is 4.74 Å². The lowest BCUT2D eigenvalue weighted by Crippen LogP contribution is -2.22. The van der Waals surface area contributed by atoms with Crippen molar-refractivity contribution in [2.24, 2.45) is 0 Å². The number of hydrogen-bond acceptors (Lipinski definition) is 5. The topological polar surface area (TPSA) is 61.2 Å². The highest BCUT2D eigenvalue weighted by Crippen LogP contribution is 2.23. The van der Waals surface area contributed by atoms with Crippen LogP contribution in [0.1, 0.15) is 10.4 Å². The molecule has 4 rings (SSSR count). The quantitative estimate of drug-likeness (QED) is 0.272. The molecule has 0 saturated carbocycles. The summed E-state index contributed by atoms with van der Waals surface area (Å²) in [6, 6.07) is 23.5. The van der Waals surface area contributed by atoms with Gasteiger partial charge in [-0.05, 0) is 36.4 Å². The van der Waals surface area contributed by atoms with E-state index in [-0.39, 0.29) is 17.1 Å². The number of ketones is 1. The van der Waals surface area contributed by atoms with Gasteiger partial charge in [-0.15, -0.1) is 0 Å². The molecule has 0 atom stereocenters. The van der Waals surface area contributed by atoms with Crippen molar-refractivity contribution >= 4 is 28.4 Å². The van der Waals surface area contributed by atoms with E-state index in [0.29, 0.717) is 33.1 Å². The minimum atomic E-state index is -0.171. The van der Waals surface area contributed by atoms with Crippen LogP contribution < -0.4 is 10.3 Å². The zero-order chi connectivity index (χ0) is 20.2. The van der Waals surface area contributed by atoms with Gasteiger partial charge in [0, 0.05) is 5.56 Å². The Morgan fingerprint density at radius 2 is 1.66 bits per heavy atom. The second-order valence-corrected chi connectivity index (χ2v) is 7.27. The Morgan fingerprint density at radius 1 is 0.966 bits per heavy atom. The van der Waals surface area contributed by atoms with Crippen LogP contribution in [0.3, 0.4) is 0 Å². The number of ether oxygens (including phenoxy) is 1. The molecule has 0 radical (unpaired) electrons. The van der Waals surface area contributed by atoms with Crippen LogP contribution in [0.2, 0.25) is 0 Å². The maximum Gasteiger partial charge on any atom is 0.266 e. The van der Waals surface area contributed by atoms with Gasteiger partial charge in [-0.2, -0.15) is 0 Å². The molecule has 0 aliphatic rings. The number of methoxy groups -OCH3 is 1. The average molecular weight is 402 g/mol. The van der Waals surface area contributed by atoms with Crippen molar-refractivity contribution in [3.63, 3.8) is 0 Å². The summed E-state index contributed by atoms with van der Waals surface area (Å²) in [6.07, 6.45) is 0. The smallest absolute Gasteiger partial charge is 0.266 e. The van der Waals surface area contributed by atoms with Gasteiger partial charge in [0.05, 0.1) is 29.5 Å². The lowest BCUT2D eigenvalue weighted by atomic mass is 10.2. The van der Waals surface area contributed by atoms with Crippen molar-refractivity contribution < 1.29 is 9.53 Å². The summed E-state index contributed by atoms with van der Waals surface area (Å²) in [5, 5.41) is 1.00. The zero-order valence-electron chi connectivity index (χ0n) is 15.7. The maximum atomic E-state index is 13.2. The van der Waals surface area contributed by atoms with Gasteiger partial charge >= 0.3 is 0 Å². The average Bonchev–Trinajstić information content (AvgIpc) is 2.78. The molecule has 0 unspecified atom stereocenters. The van der Waals surface area contributed by atoms with E-state index in [1.165, 1.54) is 11.8 Å². The highest BCUT2D eigenvalue weighted by molar-refractivity contribution is 7.99. The SMILES string of the molecule is COc1ccc(-n2c(SCC(=O)c3ccccc3)nc3ccccc3c2=O)cc1. The molecule has 0 amide bonds. The first kappa shape index (κ1) is 19.0. The second kappa shape index (κ2) is 8.32. The lowest BCUT2D eigenvalue weighted by Gasteiger charge is -2.13. The number of carbonyl (C=O) groups is 1. The van der Waals surface area contributed by atoms with E-state index in [0.717, 1.165) is 0 Å². The Bertz CT molecular complexity index is 1220. The number of rotatable bonds is 6. The van der Waals surface area contributed by atoms with Crippen molar-refractivity contribution in [3.8, 4) is 11.4 Å². The molecule has 0 bridgehead atoms. The zero-order valence-corrected chi connectivity index (χ0v) is 16.6. The molecule has 0 saturated heterocycles. The normalized spacial score (nSPS) is 10.8. The van der Waals surface area contributed by atoms with E-state index in [9.17, 15) is 9.59 Å². The van der Waals surface area contributed by atoms with Gasteiger partial charge in [0.1, 0.15) is 5.75 Å². The Morgan fingerprint density at radius 3 is 2.38 bits per heavy atom. The van der Waals surface area contributed by atoms with Crippen LogP contribution in [0.25, 0.3) is 16.6 Å². The predicted octanol–water partition coefficient (Wildman–Crippen LogP) is 4.37. The number of thioether (sulfide) groups is 1. The summed E-state index contributed by atoms with van der Waals surface area (Å²) in [5.41, 5.74) is 1.75. The fraction of sp³-hybridized carbons (Fsp3) is 0.0870. The van der Waals surface area contributed by atoms with Gasteiger partial charge in [-0.1, -0.05) is 54.2 Å². The first-order valence-electron chi connectivity index (χ1n) is 9.04. The van der Waals surface area contributed by atoms with Crippen LogP contribution in [0.4, 0.5) is 0 Å². The molecule has 144 valence electrons. The van der Waals surface area contributed by atoms with Crippen LogP contribution in [0.5, 0.6) is 5.75 Å².